The van der Waals surface area contributed by atoms with Crippen molar-refractivity contribution in [2.45, 2.75) is 18.6 Å². The molecule has 0 unspecified atom stereocenters. The van der Waals surface area contributed by atoms with Gasteiger partial charge in [-0.15, -0.1) is 16.8 Å². The van der Waals surface area contributed by atoms with Gasteiger partial charge >= 0.3 is 0 Å². The molecule has 32 heavy (non-hydrogen) atoms. The normalized spacial score (nSPS) is 11.0. The lowest BCUT2D eigenvalue weighted by molar-refractivity contribution is 0.102. The lowest BCUT2D eigenvalue weighted by atomic mass is 10.1. The third-order valence-electron chi connectivity index (χ3n) is 4.90. The Morgan fingerprint density at radius 2 is 1.97 bits per heavy atom. The second-order valence-corrected chi connectivity index (χ2v) is 9.02. The zero-order chi connectivity index (χ0) is 22.7. The first-order valence-corrected chi connectivity index (χ1v) is 11.7. The number of aromatic nitrogens is 4. The van der Waals surface area contributed by atoms with Crippen LogP contribution in [0.2, 0.25) is 0 Å². The van der Waals surface area contributed by atoms with Crippen molar-refractivity contribution in [2.24, 2.45) is 0 Å². The molecular weight excluding hydrogens is 488 g/mol. The lowest BCUT2D eigenvalue weighted by Gasteiger charge is -2.11. The SMILES string of the molecule is C=CCn1c(SCC(=O)c2ccc(Br)cc2)nnc1-c1cc2cc(C)ccc2nc1OC. The number of halogens is 1. The van der Waals surface area contributed by atoms with Gasteiger partial charge in [0.05, 0.1) is 23.9 Å². The van der Waals surface area contributed by atoms with Crippen LogP contribution < -0.4 is 4.74 Å². The second kappa shape index (κ2) is 9.67. The molecular formula is C24H21BrN4O2S. The molecule has 0 atom stereocenters. The van der Waals surface area contributed by atoms with E-state index in [1.807, 2.05) is 41.8 Å². The number of rotatable bonds is 8. The van der Waals surface area contributed by atoms with E-state index in [0.717, 1.165) is 26.5 Å². The molecule has 0 N–H and O–H groups in total. The fraction of sp³-hybridized carbons (Fsp3) is 0.167. The number of methoxy groups -OCH3 is 1. The number of aryl methyl sites for hydroxylation is 1. The van der Waals surface area contributed by atoms with Gasteiger partial charge in [0.15, 0.2) is 16.8 Å². The number of allylic oxidation sites excluding steroid dienone is 1. The molecule has 0 saturated carbocycles. The summed E-state index contributed by atoms with van der Waals surface area (Å²) in [5.74, 6) is 1.37. The van der Waals surface area contributed by atoms with E-state index in [0.29, 0.717) is 29.0 Å². The molecule has 4 aromatic rings. The molecule has 0 radical (unpaired) electrons. The maximum atomic E-state index is 12.6. The fourth-order valence-corrected chi connectivity index (χ4v) is 4.44. The maximum Gasteiger partial charge on any atom is 0.224 e. The zero-order valence-electron chi connectivity index (χ0n) is 17.7. The minimum atomic E-state index is 0.0256. The topological polar surface area (TPSA) is 69.9 Å². The van der Waals surface area contributed by atoms with Gasteiger partial charge in [-0.05, 0) is 37.3 Å². The van der Waals surface area contributed by atoms with Crippen molar-refractivity contribution in [2.75, 3.05) is 12.9 Å². The number of Topliss-reactive ketones (excluding diaryl/α,β-unsaturated/α-hetero) is 1. The number of hydrogen-bond acceptors (Lipinski definition) is 6. The van der Waals surface area contributed by atoms with Crippen LogP contribution in [-0.4, -0.2) is 38.4 Å². The van der Waals surface area contributed by atoms with Crippen molar-refractivity contribution in [1.29, 1.82) is 0 Å². The van der Waals surface area contributed by atoms with Gasteiger partial charge in [0.1, 0.15) is 0 Å². The van der Waals surface area contributed by atoms with E-state index in [2.05, 4.69) is 43.8 Å². The Kier molecular flexibility index (Phi) is 6.72. The summed E-state index contributed by atoms with van der Waals surface area (Å²) in [5, 5.41) is 10.4. The Balaban J connectivity index is 1.68. The highest BCUT2D eigenvalue weighted by molar-refractivity contribution is 9.10. The molecule has 0 spiro atoms. The van der Waals surface area contributed by atoms with E-state index in [1.54, 1.807) is 25.3 Å². The fourth-order valence-electron chi connectivity index (χ4n) is 3.33. The smallest absolute Gasteiger partial charge is 0.224 e. The average Bonchev–Trinajstić information content (AvgIpc) is 3.19. The molecule has 0 aliphatic heterocycles. The highest BCUT2D eigenvalue weighted by Gasteiger charge is 2.20. The van der Waals surface area contributed by atoms with Crippen molar-refractivity contribution in [3.63, 3.8) is 0 Å². The van der Waals surface area contributed by atoms with Gasteiger partial charge in [0, 0.05) is 22.0 Å². The molecule has 0 saturated heterocycles. The number of hydrogen-bond donors (Lipinski definition) is 0. The van der Waals surface area contributed by atoms with E-state index in [9.17, 15) is 4.79 Å². The third kappa shape index (κ3) is 4.61. The summed E-state index contributed by atoms with van der Waals surface area (Å²) in [5.41, 5.74) is 3.39. The molecule has 162 valence electrons. The molecule has 2 heterocycles. The quantitative estimate of drug-likeness (QED) is 0.172. The number of carbonyl (C=O) groups is 1. The highest BCUT2D eigenvalue weighted by atomic mass is 79.9. The molecule has 8 heteroatoms. The van der Waals surface area contributed by atoms with Gasteiger partial charge in [0.25, 0.3) is 0 Å². The number of benzene rings is 2. The van der Waals surface area contributed by atoms with Crippen molar-refractivity contribution < 1.29 is 9.53 Å². The minimum absolute atomic E-state index is 0.0256. The van der Waals surface area contributed by atoms with Crippen LogP contribution >= 0.6 is 27.7 Å². The van der Waals surface area contributed by atoms with Crippen LogP contribution in [0.3, 0.4) is 0 Å². The number of carbonyl (C=O) groups excluding carboxylic acids is 1. The Morgan fingerprint density at radius 1 is 1.19 bits per heavy atom. The largest absolute Gasteiger partial charge is 0.480 e. The van der Waals surface area contributed by atoms with Crippen LogP contribution in [0.4, 0.5) is 0 Å². The number of pyridine rings is 1. The standard InChI is InChI=1S/C24H21BrN4O2S/c1-4-11-29-22(19-13-17-12-15(2)5-10-20(17)26-23(19)31-3)27-28-24(29)32-14-21(30)16-6-8-18(25)9-7-16/h4-10,12-13H,1,11,14H2,2-3H3. The van der Waals surface area contributed by atoms with E-state index in [1.165, 1.54) is 11.8 Å². The molecule has 0 amide bonds. The molecule has 0 aliphatic rings. The molecule has 0 aliphatic carbocycles. The predicted octanol–water partition coefficient (Wildman–Crippen LogP) is 5.73. The Labute approximate surface area is 198 Å². The van der Waals surface area contributed by atoms with E-state index < -0.39 is 0 Å². The Hall–Kier alpha value is -2.97. The second-order valence-electron chi connectivity index (χ2n) is 7.17. The molecule has 0 bridgehead atoms. The highest BCUT2D eigenvalue weighted by Crippen LogP contribution is 2.33. The lowest BCUT2D eigenvalue weighted by Crippen LogP contribution is -2.06. The first-order chi connectivity index (χ1) is 15.5. The predicted molar refractivity (Wildman–Crippen MR) is 131 cm³/mol. The molecule has 0 fully saturated rings. The monoisotopic (exact) mass is 508 g/mol. The summed E-state index contributed by atoms with van der Waals surface area (Å²) >= 11 is 4.74. The van der Waals surface area contributed by atoms with Crippen LogP contribution in [0.1, 0.15) is 15.9 Å². The number of thioether (sulfide) groups is 1. The summed E-state index contributed by atoms with van der Waals surface area (Å²) < 4.78 is 8.42. The first-order valence-electron chi connectivity index (χ1n) is 9.91. The van der Waals surface area contributed by atoms with Crippen LogP contribution in [0.25, 0.3) is 22.3 Å². The molecule has 4 rings (SSSR count). The van der Waals surface area contributed by atoms with Crippen molar-refractivity contribution >= 4 is 44.4 Å². The average molecular weight is 509 g/mol. The van der Waals surface area contributed by atoms with Crippen molar-refractivity contribution in [3.05, 3.63) is 76.8 Å². The molecule has 6 nitrogen and oxygen atoms in total. The zero-order valence-corrected chi connectivity index (χ0v) is 20.1. The van der Waals surface area contributed by atoms with Gasteiger partial charge in [-0.1, -0.05) is 57.5 Å². The van der Waals surface area contributed by atoms with Gasteiger partial charge < -0.3 is 4.74 Å². The van der Waals surface area contributed by atoms with Gasteiger partial charge in [-0.3, -0.25) is 9.36 Å². The number of ether oxygens (including phenoxy) is 1. The van der Waals surface area contributed by atoms with Crippen molar-refractivity contribution in [1.82, 2.24) is 19.7 Å². The van der Waals surface area contributed by atoms with Crippen LogP contribution in [-0.2, 0) is 6.54 Å². The van der Waals surface area contributed by atoms with E-state index in [-0.39, 0.29) is 11.5 Å². The third-order valence-corrected chi connectivity index (χ3v) is 6.39. The van der Waals surface area contributed by atoms with E-state index >= 15 is 0 Å². The van der Waals surface area contributed by atoms with E-state index in [4.69, 9.17) is 4.74 Å². The summed E-state index contributed by atoms with van der Waals surface area (Å²) in [6.07, 6.45) is 1.78. The van der Waals surface area contributed by atoms with Crippen LogP contribution in [0.15, 0.2) is 70.8 Å². The van der Waals surface area contributed by atoms with Crippen LogP contribution in [0.5, 0.6) is 5.88 Å². The van der Waals surface area contributed by atoms with Crippen molar-refractivity contribution in [3.8, 4) is 17.3 Å². The summed E-state index contributed by atoms with van der Waals surface area (Å²) in [7, 11) is 1.59. The summed E-state index contributed by atoms with van der Waals surface area (Å²) in [4.78, 5) is 17.3. The maximum absolute atomic E-state index is 12.6. The summed E-state index contributed by atoms with van der Waals surface area (Å²) in [6.45, 7) is 6.40. The number of nitrogens with zero attached hydrogens (tertiary/aromatic N) is 4. The number of ketones is 1. The van der Waals surface area contributed by atoms with Crippen LogP contribution in [0, 0.1) is 6.92 Å². The molecule has 2 aromatic carbocycles. The Bertz CT molecular complexity index is 1300. The van der Waals surface area contributed by atoms with Gasteiger partial charge in [-0.25, -0.2) is 4.98 Å². The first kappa shape index (κ1) is 22.2. The van der Waals surface area contributed by atoms with Gasteiger partial charge in [-0.2, -0.15) is 0 Å². The summed E-state index contributed by atoms with van der Waals surface area (Å²) in [6, 6.07) is 15.4. The minimum Gasteiger partial charge on any atom is -0.480 e. The number of fused-ring (bicyclic) bond motifs is 1. The van der Waals surface area contributed by atoms with Gasteiger partial charge in [0.2, 0.25) is 5.88 Å². The Morgan fingerprint density at radius 3 is 2.69 bits per heavy atom. The molecule has 2 aromatic heterocycles.